The van der Waals surface area contributed by atoms with Crippen molar-refractivity contribution in [1.82, 2.24) is 0 Å². The van der Waals surface area contributed by atoms with E-state index in [1.165, 1.54) is 32.1 Å². The lowest BCUT2D eigenvalue weighted by Crippen LogP contribution is -1.94. The van der Waals surface area contributed by atoms with Crippen LogP contribution in [0.1, 0.15) is 25.5 Å². The van der Waals surface area contributed by atoms with E-state index >= 15 is 0 Å². The van der Waals surface area contributed by atoms with Gasteiger partial charge in [0.2, 0.25) is 0 Å². The van der Waals surface area contributed by atoms with Crippen LogP contribution in [-0.4, -0.2) is 24.3 Å². The number of furan rings is 1. The number of carbonyl (C=O) groups is 1. The molecule has 1 aromatic rings. The van der Waals surface area contributed by atoms with Gasteiger partial charge in [0.25, 0.3) is 0 Å². The standard InChI is InChI=1S/C8H8O3.C4H8O/c1-6(8(9)10)5-7-3-2-4-11-7;1-2-4-5-3-1/h2-5H,1H3,(H,9,10);1-4H2. The van der Waals surface area contributed by atoms with Crippen LogP contribution in [0.25, 0.3) is 6.08 Å². The number of hydrogen-bond donors (Lipinski definition) is 1. The fourth-order valence-corrected chi connectivity index (χ4v) is 1.16. The number of ether oxygens (including phenoxy) is 1. The smallest absolute Gasteiger partial charge is 0.331 e. The van der Waals surface area contributed by atoms with E-state index in [1.54, 1.807) is 12.1 Å². The summed E-state index contributed by atoms with van der Waals surface area (Å²) >= 11 is 0. The number of hydrogen-bond acceptors (Lipinski definition) is 3. The second-order valence-corrected chi connectivity index (χ2v) is 3.47. The lowest BCUT2D eigenvalue weighted by atomic mass is 10.2. The van der Waals surface area contributed by atoms with Gasteiger partial charge < -0.3 is 14.3 Å². The van der Waals surface area contributed by atoms with Crippen LogP contribution >= 0.6 is 0 Å². The maximum atomic E-state index is 10.3. The Morgan fingerprint density at radius 2 is 2.12 bits per heavy atom. The summed E-state index contributed by atoms with van der Waals surface area (Å²) in [5.41, 5.74) is 0.264. The van der Waals surface area contributed by atoms with Gasteiger partial charge in [-0.3, -0.25) is 0 Å². The molecule has 1 aliphatic heterocycles. The zero-order chi connectivity index (χ0) is 11.8. The molecule has 0 amide bonds. The van der Waals surface area contributed by atoms with E-state index in [4.69, 9.17) is 14.3 Å². The summed E-state index contributed by atoms with van der Waals surface area (Å²) in [4.78, 5) is 10.3. The van der Waals surface area contributed by atoms with Crippen molar-refractivity contribution in [3.05, 3.63) is 29.7 Å². The molecule has 0 spiro atoms. The Balaban J connectivity index is 0.000000212. The number of aliphatic carboxylic acids is 1. The molecule has 0 saturated carbocycles. The summed E-state index contributed by atoms with van der Waals surface area (Å²) in [6.45, 7) is 3.52. The SMILES string of the molecule is C1CCOC1.CC(=Cc1ccco1)C(=O)O. The first-order chi connectivity index (χ1) is 7.70. The molecule has 0 radical (unpaired) electrons. The molecule has 1 saturated heterocycles. The zero-order valence-electron chi connectivity index (χ0n) is 9.31. The Morgan fingerprint density at radius 3 is 2.50 bits per heavy atom. The molecule has 1 aromatic heterocycles. The quantitative estimate of drug-likeness (QED) is 0.784. The Bertz CT molecular complexity index is 326. The van der Waals surface area contributed by atoms with Crippen LogP contribution in [0.3, 0.4) is 0 Å². The highest BCUT2D eigenvalue weighted by atomic mass is 16.5. The molecule has 88 valence electrons. The first kappa shape index (κ1) is 12.5. The highest BCUT2D eigenvalue weighted by Gasteiger charge is 1.99. The van der Waals surface area contributed by atoms with Crippen LogP contribution in [-0.2, 0) is 9.53 Å². The van der Waals surface area contributed by atoms with Gasteiger partial charge in [-0.15, -0.1) is 0 Å². The molecule has 1 aliphatic rings. The Kier molecular flexibility index (Phi) is 5.36. The monoisotopic (exact) mass is 224 g/mol. The van der Waals surface area contributed by atoms with Crippen molar-refractivity contribution in [3.8, 4) is 0 Å². The molecule has 0 aliphatic carbocycles. The first-order valence-electron chi connectivity index (χ1n) is 5.23. The third-order valence-corrected chi connectivity index (χ3v) is 2.07. The molecule has 4 heteroatoms. The zero-order valence-corrected chi connectivity index (χ0v) is 9.31. The van der Waals surface area contributed by atoms with E-state index in [-0.39, 0.29) is 5.57 Å². The van der Waals surface area contributed by atoms with Crippen LogP contribution in [0.5, 0.6) is 0 Å². The van der Waals surface area contributed by atoms with E-state index < -0.39 is 5.97 Å². The van der Waals surface area contributed by atoms with Gasteiger partial charge in [-0.05, 0) is 38.0 Å². The minimum atomic E-state index is -0.929. The van der Waals surface area contributed by atoms with Gasteiger partial charge in [0.05, 0.1) is 6.26 Å². The van der Waals surface area contributed by atoms with Gasteiger partial charge in [0.15, 0.2) is 0 Å². The van der Waals surface area contributed by atoms with Crippen molar-refractivity contribution in [2.75, 3.05) is 13.2 Å². The lowest BCUT2D eigenvalue weighted by Gasteiger charge is -1.88. The van der Waals surface area contributed by atoms with Crippen LogP contribution in [0, 0.1) is 0 Å². The summed E-state index contributed by atoms with van der Waals surface area (Å²) in [5, 5.41) is 8.47. The molecule has 4 nitrogen and oxygen atoms in total. The molecule has 0 unspecified atom stereocenters. The van der Waals surface area contributed by atoms with Crippen LogP contribution in [0.2, 0.25) is 0 Å². The molecule has 2 heterocycles. The lowest BCUT2D eigenvalue weighted by molar-refractivity contribution is -0.132. The van der Waals surface area contributed by atoms with Crippen LogP contribution < -0.4 is 0 Å². The third kappa shape index (κ3) is 4.79. The maximum Gasteiger partial charge on any atom is 0.331 e. The molecular formula is C12H16O4. The average molecular weight is 224 g/mol. The molecule has 1 fully saturated rings. The minimum Gasteiger partial charge on any atom is -0.478 e. The van der Waals surface area contributed by atoms with Gasteiger partial charge in [0.1, 0.15) is 5.76 Å². The fourth-order valence-electron chi connectivity index (χ4n) is 1.16. The van der Waals surface area contributed by atoms with Crippen molar-refractivity contribution in [3.63, 3.8) is 0 Å². The van der Waals surface area contributed by atoms with Crippen molar-refractivity contribution in [2.45, 2.75) is 19.8 Å². The Hall–Kier alpha value is -1.55. The normalized spacial score (nSPS) is 15.4. The van der Waals surface area contributed by atoms with E-state index in [9.17, 15) is 4.79 Å². The first-order valence-corrected chi connectivity index (χ1v) is 5.23. The second-order valence-electron chi connectivity index (χ2n) is 3.47. The van der Waals surface area contributed by atoms with Crippen molar-refractivity contribution >= 4 is 12.0 Å². The van der Waals surface area contributed by atoms with Gasteiger partial charge in [0, 0.05) is 18.8 Å². The maximum absolute atomic E-state index is 10.3. The summed E-state index contributed by atoms with van der Waals surface area (Å²) < 4.78 is 9.86. The van der Waals surface area contributed by atoms with Gasteiger partial charge in [-0.1, -0.05) is 0 Å². The third-order valence-electron chi connectivity index (χ3n) is 2.07. The van der Waals surface area contributed by atoms with Crippen molar-refractivity contribution in [1.29, 1.82) is 0 Å². The molecule has 2 rings (SSSR count). The molecule has 1 N–H and O–H groups in total. The highest BCUT2D eigenvalue weighted by molar-refractivity contribution is 5.90. The molecule has 16 heavy (non-hydrogen) atoms. The van der Waals surface area contributed by atoms with Crippen LogP contribution in [0.15, 0.2) is 28.4 Å². The second kappa shape index (κ2) is 6.85. The summed E-state index contributed by atoms with van der Waals surface area (Å²) in [6, 6.07) is 3.41. The molecule has 0 atom stereocenters. The molecular weight excluding hydrogens is 208 g/mol. The Morgan fingerprint density at radius 1 is 1.44 bits per heavy atom. The summed E-state index contributed by atoms with van der Waals surface area (Å²) in [7, 11) is 0. The van der Waals surface area contributed by atoms with E-state index in [1.807, 2.05) is 0 Å². The summed E-state index contributed by atoms with van der Waals surface area (Å²) in [5.74, 6) is -0.369. The molecule has 0 bridgehead atoms. The average Bonchev–Trinajstić information content (AvgIpc) is 2.92. The number of carboxylic acids is 1. The number of carboxylic acid groups (broad SMARTS) is 1. The predicted molar refractivity (Wildman–Crippen MR) is 60.0 cm³/mol. The number of rotatable bonds is 2. The van der Waals surface area contributed by atoms with Crippen molar-refractivity contribution < 1.29 is 19.1 Å². The van der Waals surface area contributed by atoms with Gasteiger partial charge in [-0.25, -0.2) is 4.79 Å². The van der Waals surface area contributed by atoms with Gasteiger partial charge in [-0.2, -0.15) is 0 Å². The topological polar surface area (TPSA) is 59.7 Å². The molecule has 0 aromatic carbocycles. The highest BCUT2D eigenvalue weighted by Crippen LogP contribution is 2.06. The van der Waals surface area contributed by atoms with Crippen LogP contribution in [0.4, 0.5) is 0 Å². The fraction of sp³-hybridized carbons (Fsp3) is 0.417. The minimum absolute atomic E-state index is 0.264. The van der Waals surface area contributed by atoms with Gasteiger partial charge >= 0.3 is 5.97 Å². The van der Waals surface area contributed by atoms with Crippen molar-refractivity contribution in [2.24, 2.45) is 0 Å². The van der Waals surface area contributed by atoms with E-state index in [0.717, 1.165) is 13.2 Å². The predicted octanol–water partition coefficient (Wildman–Crippen LogP) is 2.56. The van der Waals surface area contributed by atoms with E-state index in [0.29, 0.717) is 5.76 Å². The largest absolute Gasteiger partial charge is 0.478 e. The summed E-state index contributed by atoms with van der Waals surface area (Å²) in [6.07, 6.45) is 5.53. The Labute approximate surface area is 94.5 Å². The van der Waals surface area contributed by atoms with E-state index in [2.05, 4.69) is 0 Å².